The highest BCUT2D eigenvalue weighted by atomic mass is 19.1. The van der Waals surface area contributed by atoms with Gasteiger partial charge >= 0.3 is 0 Å². The molecule has 1 atom stereocenters. The molecule has 0 fully saturated rings. The number of nitrogens with two attached hydrogens (primary N) is 1. The topological polar surface area (TPSA) is 35.2 Å². The third-order valence-corrected chi connectivity index (χ3v) is 2.63. The third-order valence-electron chi connectivity index (χ3n) is 2.63. The Hall–Kier alpha value is -1.09. The molecule has 2 N–H and O–H groups in total. The van der Waals surface area contributed by atoms with Crippen LogP contribution in [-0.4, -0.2) is 6.61 Å². The largest absolute Gasteiger partial charge is 0.490 e. The van der Waals surface area contributed by atoms with Gasteiger partial charge in [0.2, 0.25) is 0 Å². The van der Waals surface area contributed by atoms with E-state index in [9.17, 15) is 4.39 Å². The van der Waals surface area contributed by atoms with E-state index < -0.39 is 0 Å². The fourth-order valence-electron chi connectivity index (χ4n) is 1.74. The molecule has 0 spiro atoms. The second kappa shape index (κ2) is 3.58. The lowest BCUT2D eigenvalue weighted by atomic mass is 10.0. The number of rotatable bonds is 0. The highest BCUT2D eigenvalue weighted by molar-refractivity contribution is 5.41. The Kier molecular flexibility index (Phi) is 2.42. The van der Waals surface area contributed by atoms with Crippen LogP contribution in [0.1, 0.15) is 30.0 Å². The zero-order valence-corrected chi connectivity index (χ0v) is 8.22. The van der Waals surface area contributed by atoms with Crippen molar-refractivity contribution in [1.29, 1.82) is 0 Å². The molecule has 1 aromatic rings. The maximum absolute atomic E-state index is 13.7. The third kappa shape index (κ3) is 1.48. The molecule has 0 saturated heterocycles. The maximum atomic E-state index is 13.7. The van der Waals surface area contributed by atoms with Crippen LogP contribution in [-0.2, 0) is 0 Å². The first-order valence-corrected chi connectivity index (χ1v) is 4.87. The molecule has 76 valence electrons. The number of ether oxygens (including phenoxy) is 1. The van der Waals surface area contributed by atoms with Gasteiger partial charge in [-0.25, -0.2) is 4.39 Å². The number of hydrogen-bond donors (Lipinski definition) is 1. The quantitative estimate of drug-likeness (QED) is 0.689. The average Bonchev–Trinajstić information content (AvgIpc) is 2.35. The Bertz CT molecular complexity index is 351. The normalized spacial score (nSPS) is 20.9. The lowest BCUT2D eigenvalue weighted by molar-refractivity contribution is 0.300. The molecule has 0 radical (unpaired) electrons. The number of fused-ring (bicyclic) bond motifs is 1. The van der Waals surface area contributed by atoms with Gasteiger partial charge in [0, 0.05) is 11.6 Å². The van der Waals surface area contributed by atoms with Crippen molar-refractivity contribution < 1.29 is 9.13 Å². The van der Waals surface area contributed by atoms with Gasteiger partial charge < -0.3 is 10.5 Å². The zero-order chi connectivity index (χ0) is 10.1. The first-order valence-electron chi connectivity index (χ1n) is 4.87. The molecule has 0 unspecified atom stereocenters. The smallest absolute Gasteiger partial charge is 0.168 e. The summed E-state index contributed by atoms with van der Waals surface area (Å²) in [7, 11) is 0. The van der Waals surface area contributed by atoms with Crippen LogP contribution < -0.4 is 10.5 Å². The monoisotopic (exact) mass is 195 g/mol. The summed E-state index contributed by atoms with van der Waals surface area (Å²) in [5.41, 5.74) is 7.32. The molecule has 1 heterocycles. The van der Waals surface area contributed by atoms with E-state index >= 15 is 0 Å². The van der Waals surface area contributed by atoms with E-state index in [1.165, 1.54) is 0 Å². The van der Waals surface area contributed by atoms with Gasteiger partial charge in [0.05, 0.1) is 6.61 Å². The van der Waals surface area contributed by atoms with Crippen LogP contribution in [0, 0.1) is 12.7 Å². The lowest BCUT2D eigenvalue weighted by Gasteiger charge is -2.13. The molecule has 1 aliphatic heterocycles. The SMILES string of the molecule is Cc1ccc2c(c1F)OCCC[C@@H]2N. The number of hydrogen-bond acceptors (Lipinski definition) is 2. The Morgan fingerprint density at radius 3 is 3.07 bits per heavy atom. The van der Waals surface area contributed by atoms with E-state index in [1.807, 2.05) is 6.07 Å². The van der Waals surface area contributed by atoms with Crippen molar-refractivity contribution in [3.63, 3.8) is 0 Å². The van der Waals surface area contributed by atoms with Crippen molar-refractivity contribution in [2.24, 2.45) is 5.73 Å². The molecule has 3 heteroatoms. The number of benzene rings is 1. The van der Waals surface area contributed by atoms with Crippen molar-refractivity contribution in [1.82, 2.24) is 0 Å². The van der Waals surface area contributed by atoms with E-state index in [2.05, 4.69) is 0 Å². The van der Waals surface area contributed by atoms with Crippen molar-refractivity contribution >= 4 is 0 Å². The standard InChI is InChI=1S/C11H14FNO/c1-7-4-5-8-9(13)3-2-6-14-11(8)10(7)12/h4-5,9H,2-3,6,13H2,1H3/t9-/m0/s1. The van der Waals surface area contributed by atoms with Crippen molar-refractivity contribution in [3.05, 3.63) is 29.1 Å². The van der Waals surface area contributed by atoms with Crippen LogP contribution in [0.15, 0.2) is 12.1 Å². The van der Waals surface area contributed by atoms with Gasteiger partial charge in [0.15, 0.2) is 11.6 Å². The Morgan fingerprint density at radius 1 is 1.50 bits per heavy atom. The molecule has 0 aromatic heterocycles. The van der Waals surface area contributed by atoms with E-state index in [0.29, 0.717) is 17.9 Å². The van der Waals surface area contributed by atoms with Gasteiger partial charge in [-0.2, -0.15) is 0 Å². The highest BCUT2D eigenvalue weighted by Crippen LogP contribution is 2.33. The maximum Gasteiger partial charge on any atom is 0.168 e. The Balaban J connectivity index is 2.53. The number of halogens is 1. The summed E-state index contributed by atoms with van der Waals surface area (Å²) in [5.74, 6) is 0.0925. The van der Waals surface area contributed by atoms with Crippen LogP contribution in [0.3, 0.4) is 0 Å². The molecular weight excluding hydrogens is 181 g/mol. The molecule has 14 heavy (non-hydrogen) atoms. The van der Waals surface area contributed by atoms with Crippen LogP contribution in [0.5, 0.6) is 5.75 Å². The number of aryl methyl sites for hydroxylation is 1. The summed E-state index contributed by atoms with van der Waals surface area (Å²) >= 11 is 0. The summed E-state index contributed by atoms with van der Waals surface area (Å²) in [4.78, 5) is 0. The average molecular weight is 195 g/mol. The summed E-state index contributed by atoms with van der Waals surface area (Å²) in [6, 6.07) is 3.52. The first-order chi connectivity index (χ1) is 6.70. The minimum atomic E-state index is -0.264. The molecule has 0 saturated carbocycles. The van der Waals surface area contributed by atoms with Crippen molar-refractivity contribution in [2.45, 2.75) is 25.8 Å². The molecule has 0 aliphatic carbocycles. The fraction of sp³-hybridized carbons (Fsp3) is 0.455. The second-order valence-corrected chi connectivity index (χ2v) is 3.71. The zero-order valence-electron chi connectivity index (χ0n) is 8.22. The molecule has 0 amide bonds. The lowest BCUT2D eigenvalue weighted by Crippen LogP contribution is -2.09. The van der Waals surface area contributed by atoms with Gasteiger partial charge in [-0.3, -0.25) is 0 Å². The molecule has 1 aliphatic rings. The fourth-order valence-corrected chi connectivity index (χ4v) is 1.74. The van der Waals surface area contributed by atoms with Crippen LogP contribution in [0.4, 0.5) is 4.39 Å². The summed E-state index contributed by atoms with van der Waals surface area (Å²) < 4.78 is 19.0. The van der Waals surface area contributed by atoms with Gasteiger partial charge in [-0.1, -0.05) is 12.1 Å². The molecule has 0 bridgehead atoms. The summed E-state index contributed by atoms with van der Waals surface area (Å²) in [6.07, 6.45) is 1.74. The Morgan fingerprint density at radius 2 is 2.29 bits per heavy atom. The second-order valence-electron chi connectivity index (χ2n) is 3.71. The van der Waals surface area contributed by atoms with E-state index in [1.54, 1.807) is 13.0 Å². The summed E-state index contributed by atoms with van der Waals surface area (Å²) in [6.45, 7) is 2.29. The van der Waals surface area contributed by atoms with Crippen LogP contribution in [0.2, 0.25) is 0 Å². The molecule has 2 rings (SSSR count). The molecule has 1 aromatic carbocycles. The van der Waals surface area contributed by atoms with Crippen LogP contribution in [0.25, 0.3) is 0 Å². The van der Waals surface area contributed by atoms with Crippen LogP contribution >= 0.6 is 0 Å². The van der Waals surface area contributed by atoms with Gasteiger partial charge in [-0.15, -0.1) is 0 Å². The predicted octanol–water partition coefficient (Wildman–Crippen LogP) is 2.31. The summed E-state index contributed by atoms with van der Waals surface area (Å²) in [5, 5.41) is 0. The molecular formula is C11H14FNO. The minimum absolute atomic E-state index is 0.0948. The van der Waals surface area contributed by atoms with E-state index in [-0.39, 0.29) is 11.9 Å². The van der Waals surface area contributed by atoms with Crippen molar-refractivity contribution in [2.75, 3.05) is 6.61 Å². The predicted molar refractivity (Wildman–Crippen MR) is 52.8 cm³/mol. The first kappa shape index (κ1) is 9.46. The van der Waals surface area contributed by atoms with Gasteiger partial charge in [0.1, 0.15) is 0 Å². The van der Waals surface area contributed by atoms with Gasteiger partial charge in [-0.05, 0) is 25.3 Å². The molecule has 2 nitrogen and oxygen atoms in total. The Labute approximate surface area is 82.9 Å². The van der Waals surface area contributed by atoms with Gasteiger partial charge in [0.25, 0.3) is 0 Å². The minimum Gasteiger partial charge on any atom is -0.490 e. The van der Waals surface area contributed by atoms with Crippen molar-refractivity contribution in [3.8, 4) is 5.75 Å². The highest BCUT2D eigenvalue weighted by Gasteiger charge is 2.20. The van der Waals surface area contributed by atoms with E-state index in [4.69, 9.17) is 10.5 Å². The van der Waals surface area contributed by atoms with E-state index in [0.717, 1.165) is 18.4 Å².